The van der Waals surface area contributed by atoms with Gasteiger partial charge in [0.25, 0.3) is 0 Å². The third-order valence-corrected chi connectivity index (χ3v) is 4.75. The Hall–Kier alpha value is -0.810. The molecule has 2 unspecified atom stereocenters. The van der Waals surface area contributed by atoms with Gasteiger partial charge in [-0.3, -0.25) is 0 Å². The van der Waals surface area contributed by atoms with Crippen molar-refractivity contribution >= 4 is 6.09 Å². The molecular formula is C17H32N2O3. The Kier molecular flexibility index (Phi) is 5.38. The lowest BCUT2D eigenvalue weighted by molar-refractivity contribution is 0.0214. The highest BCUT2D eigenvalue weighted by atomic mass is 16.6. The Morgan fingerprint density at radius 2 is 2.14 bits per heavy atom. The summed E-state index contributed by atoms with van der Waals surface area (Å²) < 4.78 is 5.51. The second-order valence-corrected chi connectivity index (χ2v) is 8.15. The van der Waals surface area contributed by atoms with Crippen LogP contribution in [0.3, 0.4) is 0 Å². The topological polar surface area (TPSA) is 61.8 Å². The number of aliphatic hydroxyl groups is 1. The first kappa shape index (κ1) is 17.5. The summed E-state index contributed by atoms with van der Waals surface area (Å²) in [5, 5.41) is 12.9. The standard InChI is InChI=1S/C17H32N2O3/c1-13(18-11-17(12-20)7-8-17)10-14-6-5-9-19(14)15(21)22-16(2,3)4/h13-14,18,20H,5-12H2,1-4H3. The van der Waals surface area contributed by atoms with Gasteiger partial charge >= 0.3 is 6.09 Å². The number of carbonyl (C=O) groups excluding carboxylic acids is 1. The van der Waals surface area contributed by atoms with E-state index in [0.717, 1.165) is 45.2 Å². The number of amides is 1. The van der Waals surface area contributed by atoms with Crippen LogP contribution >= 0.6 is 0 Å². The number of carbonyl (C=O) groups is 1. The molecule has 2 atom stereocenters. The van der Waals surface area contributed by atoms with E-state index in [9.17, 15) is 9.90 Å². The minimum atomic E-state index is -0.437. The van der Waals surface area contributed by atoms with Gasteiger partial charge in [-0.05, 0) is 59.8 Å². The molecule has 2 fully saturated rings. The van der Waals surface area contributed by atoms with Crippen LogP contribution in [0.15, 0.2) is 0 Å². The molecular weight excluding hydrogens is 280 g/mol. The molecule has 1 aliphatic heterocycles. The zero-order valence-corrected chi connectivity index (χ0v) is 14.5. The number of rotatable bonds is 6. The van der Waals surface area contributed by atoms with E-state index in [0.29, 0.717) is 6.04 Å². The molecule has 0 aromatic carbocycles. The quantitative estimate of drug-likeness (QED) is 0.791. The van der Waals surface area contributed by atoms with E-state index in [-0.39, 0.29) is 24.2 Å². The first-order valence-corrected chi connectivity index (χ1v) is 8.59. The fourth-order valence-corrected chi connectivity index (χ4v) is 3.09. The van der Waals surface area contributed by atoms with Crippen molar-refractivity contribution in [2.75, 3.05) is 19.7 Å². The molecule has 2 aliphatic rings. The smallest absolute Gasteiger partial charge is 0.410 e. The maximum absolute atomic E-state index is 12.3. The Bertz CT molecular complexity index is 388. The Morgan fingerprint density at radius 1 is 1.45 bits per heavy atom. The first-order valence-electron chi connectivity index (χ1n) is 8.59. The number of hydrogen-bond donors (Lipinski definition) is 2. The maximum atomic E-state index is 12.3. The molecule has 0 radical (unpaired) electrons. The lowest BCUT2D eigenvalue weighted by atomic mass is 10.0. The fraction of sp³-hybridized carbons (Fsp3) is 0.941. The highest BCUT2D eigenvalue weighted by molar-refractivity contribution is 5.68. The van der Waals surface area contributed by atoms with Gasteiger partial charge in [-0.25, -0.2) is 4.79 Å². The molecule has 0 spiro atoms. The summed E-state index contributed by atoms with van der Waals surface area (Å²) in [5.41, 5.74) is -0.303. The molecule has 5 heteroatoms. The number of aliphatic hydroxyl groups excluding tert-OH is 1. The molecule has 1 amide bonds. The predicted octanol–water partition coefficient (Wildman–Crippen LogP) is 2.53. The monoisotopic (exact) mass is 312 g/mol. The van der Waals surface area contributed by atoms with Gasteiger partial charge in [0.1, 0.15) is 5.60 Å². The summed E-state index contributed by atoms with van der Waals surface area (Å²) in [6, 6.07) is 0.610. The average Bonchev–Trinajstić information content (AvgIpc) is 3.06. The molecule has 1 heterocycles. The largest absolute Gasteiger partial charge is 0.444 e. The predicted molar refractivity (Wildman–Crippen MR) is 86.8 cm³/mol. The van der Waals surface area contributed by atoms with Crippen LogP contribution in [0.2, 0.25) is 0 Å². The molecule has 1 saturated carbocycles. The van der Waals surface area contributed by atoms with Crippen LogP contribution in [0.1, 0.15) is 59.8 Å². The average molecular weight is 312 g/mol. The van der Waals surface area contributed by atoms with Gasteiger partial charge in [0.05, 0.1) is 0 Å². The summed E-state index contributed by atoms with van der Waals surface area (Å²) in [4.78, 5) is 14.2. The van der Waals surface area contributed by atoms with Crippen LogP contribution in [0, 0.1) is 5.41 Å². The molecule has 128 valence electrons. The SMILES string of the molecule is CC(CC1CCCN1C(=O)OC(C)(C)C)NCC1(CO)CC1. The van der Waals surface area contributed by atoms with E-state index in [2.05, 4.69) is 12.2 Å². The summed E-state index contributed by atoms with van der Waals surface area (Å²) in [7, 11) is 0. The van der Waals surface area contributed by atoms with Crippen molar-refractivity contribution in [2.45, 2.75) is 77.5 Å². The van der Waals surface area contributed by atoms with E-state index >= 15 is 0 Å². The van der Waals surface area contributed by atoms with Crippen molar-refractivity contribution in [3.05, 3.63) is 0 Å². The summed E-state index contributed by atoms with van der Waals surface area (Å²) >= 11 is 0. The molecule has 5 nitrogen and oxygen atoms in total. The van der Waals surface area contributed by atoms with Gasteiger partial charge < -0.3 is 20.1 Å². The van der Waals surface area contributed by atoms with Crippen molar-refractivity contribution in [2.24, 2.45) is 5.41 Å². The summed E-state index contributed by atoms with van der Waals surface area (Å²) in [6.07, 6.45) is 5.11. The first-order chi connectivity index (χ1) is 10.2. The van der Waals surface area contributed by atoms with Gasteiger partial charge in [-0.2, -0.15) is 0 Å². The van der Waals surface area contributed by atoms with Crippen molar-refractivity contribution in [1.29, 1.82) is 0 Å². The highest BCUT2D eigenvalue weighted by Crippen LogP contribution is 2.44. The number of nitrogens with zero attached hydrogens (tertiary/aromatic N) is 1. The third kappa shape index (κ3) is 4.85. The molecule has 2 rings (SSSR count). The highest BCUT2D eigenvalue weighted by Gasteiger charge is 2.42. The van der Waals surface area contributed by atoms with Gasteiger partial charge in [0, 0.05) is 37.2 Å². The Balaban J connectivity index is 1.79. The van der Waals surface area contributed by atoms with Crippen molar-refractivity contribution < 1.29 is 14.6 Å². The lowest BCUT2D eigenvalue weighted by Gasteiger charge is -2.30. The van der Waals surface area contributed by atoms with Crippen LogP contribution in [0.25, 0.3) is 0 Å². The van der Waals surface area contributed by atoms with Gasteiger partial charge in [0.15, 0.2) is 0 Å². The molecule has 0 aromatic rings. The zero-order valence-electron chi connectivity index (χ0n) is 14.5. The second-order valence-electron chi connectivity index (χ2n) is 8.15. The Morgan fingerprint density at radius 3 is 2.68 bits per heavy atom. The lowest BCUT2D eigenvalue weighted by Crippen LogP contribution is -2.43. The number of likely N-dealkylation sites (tertiary alicyclic amines) is 1. The van der Waals surface area contributed by atoms with Crippen molar-refractivity contribution in [1.82, 2.24) is 10.2 Å². The van der Waals surface area contributed by atoms with Crippen LogP contribution < -0.4 is 5.32 Å². The zero-order chi connectivity index (χ0) is 16.4. The molecule has 22 heavy (non-hydrogen) atoms. The van der Waals surface area contributed by atoms with Crippen LogP contribution in [0.4, 0.5) is 4.79 Å². The summed E-state index contributed by atoms with van der Waals surface area (Å²) in [6.45, 7) is 9.84. The number of ether oxygens (including phenoxy) is 1. The van der Waals surface area contributed by atoms with Crippen LogP contribution in [-0.2, 0) is 4.74 Å². The minimum absolute atomic E-state index is 0.134. The molecule has 0 aromatic heterocycles. The van der Waals surface area contributed by atoms with E-state index < -0.39 is 5.60 Å². The van der Waals surface area contributed by atoms with Crippen molar-refractivity contribution in [3.8, 4) is 0 Å². The van der Waals surface area contributed by atoms with Gasteiger partial charge in [-0.1, -0.05) is 0 Å². The van der Waals surface area contributed by atoms with Gasteiger partial charge in [0.2, 0.25) is 0 Å². The maximum Gasteiger partial charge on any atom is 0.410 e. The van der Waals surface area contributed by atoms with Crippen LogP contribution in [0.5, 0.6) is 0 Å². The third-order valence-electron chi connectivity index (χ3n) is 4.75. The molecule has 1 saturated heterocycles. The van der Waals surface area contributed by atoms with E-state index in [1.54, 1.807) is 0 Å². The number of hydrogen-bond acceptors (Lipinski definition) is 4. The normalized spacial score (nSPS) is 25.1. The Labute approximate surface area is 134 Å². The van der Waals surface area contributed by atoms with Gasteiger partial charge in [-0.15, -0.1) is 0 Å². The number of nitrogens with one attached hydrogen (secondary N) is 1. The minimum Gasteiger partial charge on any atom is -0.444 e. The van der Waals surface area contributed by atoms with Crippen LogP contribution in [-0.4, -0.2) is 53.5 Å². The van der Waals surface area contributed by atoms with E-state index in [1.165, 1.54) is 0 Å². The van der Waals surface area contributed by atoms with Crippen molar-refractivity contribution in [3.63, 3.8) is 0 Å². The van der Waals surface area contributed by atoms with E-state index in [4.69, 9.17) is 4.74 Å². The second kappa shape index (κ2) is 6.75. The van der Waals surface area contributed by atoms with E-state index in [1.807, 2.05) is 25.7 Å². The fourth-order valence-electron chi connectivity index (χ4n) is 3.09. The molecule has 1 aliphatic carbocycles. The summed E-state index contributed by atoms with van der Waals surface area (Å²) in [5.74, 6) is 0. The molecule has 0 bridgehead atoms. The molecule has 2 N–H and O–H groups in total.